The van der Waals surface area contributed by atoms with Gasteiger partial charge in [0.25, 0.3) is 5.56 Å². The van der Waals surface area contributed by atoms with E-state index in [1.54, 1.807) is 10.6 Å². The van der Waals surface area contributed by atoms with Crippen LogP contribution in [-0.2, 0) is 12.0 Å². The predicted octanol–water partition coefficient (Wildman–Crippen LogP) is 2.69. The van der Waals surface area contributed by atoms with Crippen molar-refractivity contribution in [2.24, 2.45) is 0 Å². The highest BCUT2D eigenvalue weighted by Crippen LogP contribution is 2.50. The number of aromatic amines is 1. The number of halogens is 1. The van der Waals surface area contributed by atoms with Crippen molar-refractivity contribution in [2.75, 3.05) is 13.1 Å². The fraction of sp³-hybridized carbons (Fsp3) is 0.455. The van der Waals surface area contributed by atoms with E-state index in [-0.39, 0.29) is 11.0 Å². The van der Waals surface area contributed by atoms with E-state index >= 15 is 0 Å². The fourth-order valence-electron chi connectivity index (χ4n) is 5.48. The summed E-state index contributed by atoms with van der Waals surface area (Å²) in [5.74, 6) is 0. The molecule has 3 aliphatic rings. The van der Waals surface area contributed by atoms with Gasteiger partial charge in [0.1, 0.15) is 0 Å². The van der Waals surface area contributed by atoms with E-state index in [9.17, 15) is 4.79 Å². The smallest absolute Gasteiger partial charge is 0.272 e. The molecule has 2 bridgehead atoms. The van der Waals surface area contributed by atoms with Crippen LogP contribution in [0, 0.1) is 0 Å². The molecule has 29 heavy (non-hydrogen) atoms. The van der Waals surface area contributed by atoms with Crippen LogP contribution < -0.4 is 10.9 Å². The van der Waals surface area contributed by atoms with E-state index in [1.807, 2.05) is 24.3 Å². The Hall–Kier alpha value is -2.15. The van der Waals surface area contributed by atoms with Crippen LogP contribution in [0.2, 0.25) is 5.02 Å². The number of nitrogens with one attached hydrogen (secondary N) is 2. The minimum absolute atomic E-state index is 0.0487. The summed E-state index contributed by atoms with van der Waals surface area (Å²) in [6, 6.07) is 12.9. The number of rotatable bonds is 4. The van der Waals surface area contributed by atoms with Gasteiger partial charge in [0.2, 0.25) is 0 Å². The molecule has 150 valence electrons. The molecule has 2 unspecified atom stereocenters. The summed E-state index contributed by atoms with van der Waals surface area (Å²) in [6.07, 6.45) is 4.40. The highest BCUT2D eigenvalue weighted by Gasteiger charge is 2.43. The molecule has 3 aromatic rings. The molecule has 6 rings (SSSR count). The molecule has 2 aliphatic heterocycles. The Balaban J connectivity index is 1.38. The first-order chi connectivity index (χ1) is 14.1. The molecule has 6 nitrogen and oxygen atoms in total. The van der Waals surface area contributed by atoms with Crippen LogP contribution in [0.15, 0.2) is 41.2 Å². The molecule has 4 heterocycles. The van der Waals surface area contributed by atoms with Crippen molar-refractivity contribution in [2.45, 2.75) is 49.7 Å². The summed E-state index contributed by atoms with van der Waals surface area (Å²) >= 11 is 6.54. The van der Waals surface area contributed by atoms with Gasteiger partial charge in [-0.1, -0.05) is 36.2 Å². The maximum Gasteiger partial charge on any atom is 0.272 e. The number of hydrogen-bond donors (Lipinski definition) is 2. The van der Waals surface area contributed by atoms with E-state index in [1.165, 1.54) is 6.42 Å². The number of nitrogens with zero attached hydrogens (tertiary/aromatic N) is 3. The van der Waals surface area contributed by atoms with E-state index in [0.717, 1.165) is 60.9 Å². The summed E-state index contributed by atoms with van der Waals surface area (Å²) in [4.78, 5) is 20.1. The Kier molecular flexibility index (Phi) is 3.92. The molecule has 1 saturated carbocycles. The van der Waals surface area contributed by atoms with Gasteiger partial charge in [0, 0.05) is 60.0 Å². The van der Waals surface area contributed by atoms with E-state index in [4.69, 9.17) is 16.6 Å². The normalized spacial score (nSPS) is 25.6. The summed E-state index contributed by atoms with van der Waals surface area (Å²) in [6.45, 7) is 2.82. The highest BCUT2D eigenvalue weighted by molar-refractivity contribution is 6.31. The van der Waals surface area contributed by atoms with Crippen molar-refractivity contribution in [1.29, 1.82) is 0 Å². The van der Waals surface area contributed by atoms with Crippen LogP contribution in [0.4, 0.5) is 0 Å². The van der Waals surface area contributed by atoms with Gasteiger partial charge in [-0.25, -0.2) is 9.50 Å². The molecule has 0 radical (unpaired) electrons. The molecule has 0 amide bonds. The maximum absolute atomic E-state index is 12.8. The van der Waals surface area contributed by atoms with Gasteiger partial charge < -0.3 is 5.32 Å². The van der Waals surface area contributed by atoms with E-state index < -0.39 is 0 Å². The van der Waals surface area contributed by atoms with Gasteiger partial charge in [-0.2, -0.15) is 0 Å². The molecule has 1 aliphatic carbocycles. The van der Waals surface area contributed by atoms with Gasteiger partial charge in [0.15, 0.2) is 5.65 Å². The van der Waals surface area contributed by atoms with Crippen molar-refractivity contribution in [3.05, 3.63) is 68.7 Å². The van der Waals surface area contributed by atoms with Gasteiger partial charge in [-0.3, -0.25) is 14.8 Å². The Labute approximate surface area is 173 Å². The molecule has 1 aromatic carbocycles. The molecule has 0 spiro atoms. The number of piperazine rings is 1. The van der Waals surface area contributed by atoms with E-state index in [0.29, 0.717) is 17.7 Å². The van der Waals surface area contributed by atoms with Crippen LogP contribution in [0.1, 0.15) is 42.6 Å². The zero-order valence-electron chi connectivity index (χ0n) is 16.2. The molecular weight excluding hydrogens is 386 g/mol. The van der Waals surface area contributed by atoms with Crippen LogP contribution in [0.5, 0.6) is 0 Å². The van der Waals surface area contributed by atoms with Gasteiger partial charge in [0.05, 0.1) is 5.69 Å². The number of H-pyrrole nitrogens is 1. The van der Waals surface area contributed by atoms with Crippen LogP contribution >= 0.6 is 11.6 Å². The van der Waals surface area contributed by atoms with Gasteiger partial charge in [-0.05, 0) is 30.9 Å². The topological polar surface area (TPSA) is 65.4 Å². The summed E-state index contributed by atoms with van der Waals surface area (Å²) in [7, 11) is 0. The van der Waals surface area contributed by atoms with Crippen molar-refractivity contribution in [3.63, 3.8) is 0 Å². The Morgan fingerprint density at radius 3 is 2.79 bits per heavy atom. The zero-order chi connectivity index (χ0) is 19.6. The van der Waals surface area contributed by atoms with Gasteiger partial charge >= 0.3 is 0 Å². The molecule has 2 N–H and O–H groups in total. The van der Waals surface area contributed by atoms with Crippen molar-refractivity contribution < 1.29 is 0 Å². The lowest BCUT2D eigenvalue weighted by Gasteiger charge is -2.42. The number of likely N-dealkylation sites (tertiary alicyclic amines) is 1. The summed E-state index contributed by atoms with van der Waals surface area (Å²) < 4.78 is 1.58. The van der Waals surface area contributed by atoms with Crippen molar-refractivity contribution in [1.82, 2.24) is 24.8 Å². The second-order valence-electron chi connectivity index (χ2n) is 8.79. The average molecular weight is 410 g/mol. The second kappa shape index (κ2) is 6.42. The molecule has 7 heteroatoms. The van der Waals surface area contributed by atoms with Crippen molar-refractivity contribution in [3.8, 4) is 0 Å². The lowest BCUT2D eigenvalue weighted by atomic mass is 9.62. The monoisotopic (exact) mass is 409 g/mol. The lowest BCUT2D eigenvalue weighted by Crippen LogP contribution is -2.43. The maximum atomic E-state index is 12.8. The highest BCUT2D eigenvalue weighted by atomic mass is 35.5. The first kappa shape index (κ1) is 17.7. The SMILES string of the molecule is O=c1cc(CN2CC3CC2CN3)nc2cc(C3(c4ccccc4Cl)CCC3)[nH]n12. The average Bonchev–Trinajstić information content (AvgIpc) is 3.38. The number of benzene rings is 1. The first-order valence-corrected chi connectivity index (χ1v) is 10.8. The van der Waals surface area contributed by atoms with Crippen LogP contribution in [-0.4, -0.2) is 44.7 Å². The van der Waals surface area contributed by atoms with Crippen LogP contribution in [0.25, 0.3) is 5.65 Å². The Morgan fingerprint density at radius 2 is 2.10 bits per heavy atom. The lowest BCUT2D eigenvalue weighted by molar-refractivity contribution is 0.215. The van der Waals surface area contributed by atoms with Crippen molar-refractivity contribution >= 4 is 17.2 Å². The molecule has 2 aromatic heterocycles. The van der Waals surface area contributed by atoms with Gasteiger partial charge in [-0.15, -0.1) is 0 Å². The zero-order valence-corrected chi connectivity index (χ0v) is 17.0. The minimum Gasteiger partial charge on any atom is -0.311 e. The quantitative estimate of drug-likeness (QED) is 0.695. The van der Waals surface area contributed by atoms with Crippen LogP contribution in [0.3, 0.4) is 0 Å². The largest absolute Gasteiger partial charge is 0.311 e. The minimum atomic E-state index is -0.154. The number of aromatic nitrogens is 3. The molecule has 3 fully saturated rings. The number of fused-ring (bicyclic) bond motifs is 3. The Morgan fingerprint density at radius 1 is 1.24 bits per heavy atom. The Bertz CT molecular complexity index is 1150. The summed E-state index contributed by atoms with van der Waals surface area (Å²) in [5.41, 5.74) is 3.51. The predicted molar refractivity (Wildman–Crippen MR) is 113 cm³/mol. The fourth-order valence-corrected chi connectivity index (χ4v) is 5.80. The molecule has 2 saturated heterocycles. The third kappa shape index (κ3) is 2.70. The molecular formula is C22H24ClN5O. The van der Waals surface area contributed by atoms with E-state index in [2.05, 4.69) is 21.4 Å². The second-order valence-corrected chi connectivity index (χ2v) is 9.20. The third-order valence-corrected chi connectivity index (χ3v) is 7.48. The standard InChI is InChI=1S/C22H24ClN5O/c23-18-5-2-1-4-17(18)22(6-3-7-22)19-10-20-25-15(9-21(29)28(20)26-19)13-27-12-14-8-16(27)11-24-14/h1-2,4-5,9-10,14,16,24,26H,3,6-8,11-13H2. The summed E-state index contributed by atoms with van der Waals surface area (Å²) in [5, 5.41) is 7.64. The third-order valence-electron chi connectivity index (χ3n) is 7.15. The number of hydrogen-bond acceptors (Lipinski definition) is 4. The first-order valence-electron chi connectivity index (χ1n) is 10.5. The molecule has 2 atom stereocenters.